The highest BCUT2D eigenvalue weighted by atomic mass is 16.5. The van der Waals surface area contributed by atoms with Crippen molar-refractivity contribution in [2.75, 3.05) is 65.9 Å². The molecule has 1 amide bonds. The van der Waals surface area contributed by atoms with Gasteiger partial charge in [-0.15, -0.1) is 0 Å². The zero-order valence-corrected chi connectivity index (χ0v) is 18.0. The molecule has 3 N–H and O–H groups in total. The highest BCUT2D eigenvalue weighted by Gasteiger charge is 2.29. The molecule has 0 unspecified atom stereocenters. The van der Waals surface area contributed by atoms with Gasteiger partial charge in [-0.25, -0.2) is 0 Å². The third-order valence-electron chi connectivity index (χ3n) is 5.85. The van der Waals surface area contributed by atoms with Crippen molar-refractivity contribution in [1.29, 1.82) is 0 Å². The molecule has 1 heterocycles. The second-order valence-corrected chi connectivity index (χ2v) is 8.10. The fraction of sp³-hybridized carbons (Fsp3) is 0.435. The van der Waals surface area contributed by atoms with Crippen molar-refractivity contribution in [3.63, 3.8) is 0 Å². The summed E-state index contributed by atoms with van der Waals surface area (Å²) in [5.74, 6) is 0.638. The van der Waals surface area contributed by atoms with E-state index in [0.29, 0.717) is 17.9 Å². The number of ether oxygens (including phenoxy) is 1. The summed E-state index contributed by atoms with van der Waals surface area (Å²) >= 11 is 0. The molecule has 6 nitrogen and oxygen atoms in total. The van der Waals surface area contributed by atoms with Crippen LogP contribution in [0, 0.1) is 0 Å². The number of benzene rings is 2. The van der Waals surface area contributed by atoms with E-state index in [0.717, 1.165) is 26.2 Å². The van der Waals surface area contributed by atoms with Crippen LogP contribution in [-0.4, -0.2) is 66.9 Å². The molecule has 1 aliphatic heterocycles. The van der Waals surface area contributed by atoms with Crippen LogP contribution in [0.15, 0.2) is 48.5 Å². The Bertz CT molecular complexity index is 799. The fourth-order valence-electron chi connectivity index (χ4n) is 3.91. The lowest BCUT2D eigenvalue weighted by Crippen LogP contribution is -3.27. The molecule has 2 aromatic carbocycles. The first-order valence-corrected chi connectivity index (χ1v) is 10.3. The Morgan fingerprint density at radius 3 is 2.41 bits per heavy atom. The first kappa shape index (κ1) is 21.1. The molecule has 29 heavy (non-hydrogen) atoms. The van der Waals surface area contributed by atoms with E-state index in [1.54, 1.807) is 23.0 Å². The van der Waals surface area contributed by atoms with Crippen molar-refractivity contribution < 1.29 is 19.3 Å². The Labute approximate surface area is 174 Å². The number of carbonyl (C=O) groups is 1. The van der Waals surface area contributed by atoms with Gasteiger partial charge < -0.3 is 24.8 Å². The lowest BCUT2D eigenvalue weighted by atomic mass is 10.0. The van der Waals surface area contributed by atoms with E-state index in [1.807, 2.05) is 18.2 Å². The first-order chi connectivity index (χ1) is 14.0. The number of quaternary nitrogens is 2. The number of hydrogen-bond donors (Lipinski definition) is 3. The standard InChI is InChI=1S/C23H32N4O2/c1-25(2)20-10-8-18(9-11-20)22(27-14-12-26(3)13-15-27)17-24-23(28)19-6-5-7-21(16-19)29-4/h5-11,16,22H,12-15,17H2,1-4H3,(H,24,28)/p+2/t22-/m0/s1. The predicted octanol–water partition coefficient (Wildman–Crippen LogP) is -0.354. The molecule has 1 fully saturated rings. The van der Waals surface area contributed by atoms with E-state index in [1.165, 1.54) is 11.3 Å². The van der Waals surface area contributed by atoms with Crippen molar-refractivity contribution in [2.24, 2.45) is 0 Å². The molecule has 1 saturated heterocycles. The molecular weight excluding hydrogens is 364 g/mol. The average molecular weight is 399 g/mol. The highest BCUT2D eigenvalue weighted by molar-refractivity contribution is 5.94. The Balaban J connectivity index is 1.74. The van der Waals surface area contributed by atoms with Crippen LogP contribution < -0.4 is 24.8 Å². The Hall–Kier alpha value is -2.57. The summed E-state index contributed by atoms with van der Waals surface area (Å²) in [6.45, 7) is 5.16. The monoisotopic (exact) mass is 398 g/mol. The summed E-state index contributed by atoms with van der Waals surface area (Å²) in [6, 6.07) is 16.3. The molecule has 0 spiro atoms. The molecule has 0 aromatic heterocycles. The lowest BCUT2D eigenvalue weighted by Gasteiger charge is -2.33. The van der Waals surface area contributed by atoms with E-state index >= 15 is 0 Å². The normalized spacial score (nSPS) is 20.0. The second-order valence-electron chi connectivity index (χ2n) is 8.10. The molecule has 0 bridgehead atoms. The van der Waals surface area contributed by atoms with Gasteiger partial charge in [-0.3, -0.25) is 4.79 Å². The molecule has 6 heteroatoms. The number of amides is 1. The van der Waals surface area contributed by atoms with Gasteiger partial charge in [-0.1, -0.05) is 18.2 Å². The quantitative estimate of drug-likeness (QED) is 0.597. The molecule has 3 rings (SSSR count). The van der Waals surface area contributed by atoms with Crippen molar-refractivity contribution in [3.8, 4) is 5.75 Å². The summed E-state index contributed by atoms with van der Waals surface area (Å²) in [5.41, 5.74) is 3.09. The van der Waals surface area contributed by atoms with Crippen LogP contribution in [-0.2, 0) is 0 Å². The third-order valence-corrected chi connectivity index (χ3v) is 5.85. The van der Waals surface area contributed by atoms with Crippen LogP contribution in [0.25, 0.3) is 0 Å². The summed E-state index contributed by atoms with van der Waals surface area (Å²) < 4.78 is 5.25. The number of likely N-dealkylation sites (N-methyl/N-ethyl adjacent to an activating group) is 1. The maximum absolute atomic E-state index is 12.7. The van der Waals surface area contributed by atoms with Gasteiger partial charge in [0.25, 0.3) is 5.91 Å². The van der Waals surface area contributed by atoms with Crippen LogP contribution in [0.4, 0.5) is 5.69 Å². The Morgan fingerprint density at radius 1 is 1.10 bits per heavy atom. The fourth-order valence-corrected chi connectivity index (χ4v) is 3.91. The number of rotatable bonds is 7. The Morgan fingerprint density at radius 2 is 1.79 bits per heavy atom. The van der Waals surface area contributed by atoms with Gasteiger partial charge in [-0.05, 0) is 30.3 Å². The predicted molar refractivity (Wildman–Crippen MR) is 116 cm³/mol. The van der Waals surface area contributed by atoms with Crippen LogP contribution >= 0.6 is 0 Å². The number of piperazine rings is 1. The molecule has 156 valence electrons. The largest absolute Gasteiger partial charge is 0.497 e. The summed E-state index contributed by atoms with van der Waals surface area (Å²) in [5, 5.41) is 3.16. The van der Waals surface area contributed by atoms with Crippen molar-refractivity contribution in [3.05, 3.63) is 59.7 Å². The average Bonchev–Trinajstić information content (AvgIpc) is 2.75. The minimum absolute atomic E-state index is 0.0574. The molecule has 1 atom stereocenters. The number of anilines is 1. The SMILES string of the molecule is COc1cccc(C(=O)NC[C@@H](c2ccc(N(C)C)cc2)[NH+]2CC[NH+](C)CC2)c1. The smallest absolute Gasteiger partial charge is 0.251 e. The van der Waals surface area contributed by atoms with Crippen molar-refractivity contribution in [2.45, 2.75) is 6.04 Å². The van der Waals surface area contributed by atoms with E-state index in [-0.39, 0.29) is 11.9 Å². The van der Waals surface area contributed by atoms with Crippen molar-refractivity contribution in [1.82, 2.24) is 5.32 Å². The first-order valence-electron chi connectivity index (χ1n) is 10.3. The molecule has 0 saturated carbocycles. The van der Waals surface area contributed by atoms with E-state index in [2.05, 4.69) is 55.6 Å². The number of nitrogens with zero attached hydrogens (tertiary/aromatic N) is 1. The lowest BCUT2D eigenvalue weighted by molar-refractivity contribution is -1.02. The van der Waals surface area contributed by atoms with Crippen LogP contribution in [0.3, 0.4) is 0 Å². The number of hydrogen-bond acceptors (Lipinski definition) is 3. The molecule has 2 aromatic rings. The van der Waals surface area contributed by atoms with E-state index in [9.17, 15) is 4.79 Å². The van der Waals surface area contributed by atoms with Gasteiger partial charge in [0, 0.05) is 30.9 Å². The van der Waals surface area contributed by atoms with Gasteiger partial charge >= 0.3 is 0 Å². The van der Waals surface area contributed by atoms with Gasteiger partial charge in [0.05, 0.1) is 20.7 Å². The number of nitrogens with one attached hydrogen (secondary N) is 3. The zero-order chi connectivity index (χ0) is 20.8. The van der Waals surface area contributed by atoms with E-state index < -0.39 is 0 Å². The van der Waals surface area contributed by atoms with Gasteiger partial charge in [-0.2, -0.15) is 0 Å². The second kappa shape index (κ2) is 9.76. The van der Waals surface area contributed by atoms with Crippen LogP contribution in [0.5, 0.6) is 5.75 Å². The van der Waals surface area contributed by atoms with Crippen molar-refractivity contribution >= 4 is 11.6 Å². The molecule has 1 aliphatic rings. The minimum atomic E-state index is -0.0574. The minimum Gasteiger partial charge on any atom is -0.497 e. The van der Waals surface area contributed by atoms with Gasteiger partial charge in [0.2, 0.25) is 0 Å². The number of carbonyl (C=O) groups excluding carboxylic acids is 1. The Kier molecular flexibility index (Phi) is 7.12. The van der Waals surface area contributed by atoms with Crippen LogP contribution in [0.2, 0.25) is 0 Å². The van der Waals surface area contributed by atoms with Gasteiger partial charge in [0.1, 0.15) is 38.0 Å². The summed E-state index contributed by atoms with van der Waals surface area (Å²) in [7, 11) is 7.97. The van der Waals surface area contributed by atoms with Crippen LogP contribution in [0.1, 0.15) is 22.0 Å². The third kappa shape index (κ3) is 5.49. The number of methoxy groups -OCH3 is 1. The molecule has 0 radical (unpaired) electrons. The summed E-state index contributed by atoms with van der Waals surface area (Å²) in [6.07, 6.45) is 0. The topological polar surface area (TPSA) is 50.4 Å². The zero-order valence-electron chi connectivity index (χ0n) is 18.0. The van der Waals surface area contributed by atoms with Gasteiger partial charge in [0.15, 0.2) is 0 Å². The maximum atomic E-state index is 12.7. The molecule has 0 aliphatic carbocycles. The highest BCUT2D eigenvalue weighted by Crippen LogP contribution is 2.17. The maximum Gasteiger partial charge on any atom is 0.251 e. The molecular formula is C23H34N4O2+2. The summed E-state index contributed by atoms with van der Waals surface area (Å²) in [4.78, 5) is 18.0. The van der Waals surface area contributed by atoms with E-state index in [4.69, 9.17) is 4.74 Å².